The molecule has 0 aliphatic carbocycles. The second-order valence-electron chi connectivity index (χ2n) is 5.02. The maximum absolute atomic E-state index is 13.0. The Hall–Kier alpha value is -2.86. The van der Waals surface area contributed by atoms with Crippen LogP contribution < -0.4 is 5.32 Å². The number of carbonyl (C=O) groups is 2. The van der Waals surface area contributed by atoms with Crippen LogP contribution in [-0.4, -0.2) is 23.5 Å². The van der Waals surface area contributed by atoms with Crippen LogP contribution in [0.25, 0.3) is 10.9 Å². The number of anilines is 1. The molecule has 7 heteroatoms. The number of rotatable bonds is 4. The third-order valence-electron chi connectivity index (χ3n) is 3.29. The number of hydrogen-bond acceptors (Lipinski definition) is 3. The molecule has 0 spiro atoms. The van der Waals surface area contributed by atoms with Gasteiger partial charge in [-0.15, -0.1) is 0 Å². The lowest BCUT2D eigenvalue weighted by Crippen LogP contribution is -2.21. The van der Waals surface area contributed by atoms with Crippen LogP contribution >= 0.6 is 11.6 Å². The summed E-state index contributed by atoms with van der Waals surface area (Å²) >= 11 is 5.63. The molecule has 1 aromatic heterocycles. The topological polar surface area (TPSA) is 71.2 Å². The van der Waals surface area contributed by atoms with Crippen molar-refractivity contribution in [2.75, 3.05) is 11.9 Å². The van der Waals surface area contributed by atoms with Gasteiger partial charge in [-0.1, -0.05) is 29.8 Å². The third-order valence-corrected chi connectivity index (χ3v) is 3.58. The van der Waals surface area contributed by atoms with E-state index < -0.39 is 24.3 Å². The summed E-state index contributed by atoms with van der Waals surface area (Å²) in [5.74, 6) is -1.78. The molecule has 0 bridgehead atoms. The highest BCUT2D eigenvalue weighted by atomic mass is 35.5. The summed E-state index contributed by atoms with van der Waals surface area (Å²) in [6.45, 7) is -0.469. The van der Waals surface area contributed by atoms with Crippen LogP contribution in [0.2, 0.25) is 5.02 Å². The van der Waals surface area contributed by atoms with E-state index >= 15 is 0 Å². The molecule has 0 radical (unpaired) electrons. The molecule has 24 heavy (non-hydrogen) atoms. The molecule has 5 nitrogen and oxygen atoms in total. The number of ether oxygens (including phenoxy) is 1. The minimum Gasteiger partial charge on any atom is -0.451 e. The maximum atomic E-state index is 13.0. The van der Waals surface area contributed by atoms with Crippen LogP contribution in [0.4, 0.5) is 10.1 Å². The number of amides is 1. The normalized spacial score (nSPS) is 10.6. The van der Waals surface area contributed by atoms with Gasteiger partial charge in [0, 0.05) is 16.6 Å². The minimum absolute atomic E-state index is 0.108. The highest BCUT2D eigenvalue weighted by Gasteiger charge is 2.13. The van der Waals surface area contributed by atoms with Crippen LogP contribution in [0, 0.1) is 5.82 Å². The van der Waals surface area contributed by atoms with Gasteiger partial charge in [0.15, 0.2) is 6.61 Å². The Morgan fingerprint density at radius 3 is 2.71 bits per heavy atom. The van der Waals surface area contributed by atoms with E-state index in [1.54, 1.807) is 6.07 Å². The van der Waals surface area contributed by atoms with E-state index in [1.165, 1.54) is 12.1 Å². The van der Waals surface area contributed by atoms with Crippen LogP contribution in [-0.2, 0) is 9.53 Å². The molecule has 3 aromatic rings. The van der Waals surface area contributed by atoms with Crippen molar-refractivity contribution >= 4 is 40.1 Å². The van der Waals surface area contributed by atoms with Crippen LogP contribution in [0.15, 0.2) is 48.5 Å². The van der Waals surface area contributed by atoms with Gasteiger partial charge in [-0.05, 0) is 30.3 Å². The second kappa shape index (κ2) is 6.72. The van der Waals surface area contributed by atoms with Crippen molar-refractivity contribution in [3.8, 4) is 0 Å². The van der Waals surface area contributed by atoms with Gasteiger partial charge in [0.1, 0.15) is 11.5 Å². The molecule has 2 aromatic carbocycles. The predicted molar refractivity (Wildman–Crippen MR) is 88.6 cm³/mol. The number of aromatic nitrogens is 1. The van der Waals surface area contributed by atoms with Gasteiger partial charge in [-0.2, -0.15) is 0 Å². The van der Waals surface area contributed by atoms with Crippen molar-refractivity contribution in [1.29, 1.82) is 0 Å². The Balaban J connectivity index is 1.59. The maximum Gasteiger partial charge on any atom is 0.355 e. The zero-order valence-electron chi connectivity index (χ0n) is 12.3. The van der Waals surface area contributed by atoms with Crippen molar-refractivity contribution in [3.63, 3.8) is 0 Å². The zero-order valence-corrected chi connectivity index (χ0v) is 13.1. The Bertz CT molecular complexity index is 890. The van der Waals surface area contributed by atoms with Gasteiger partial charge in [-0.25, -0.2) is 9.18 Å². The minimum atomic E-state index is -0.640. The Labute approximate surface area is 141 Å². The lowest BCUT2D eigenvalue weighted by molar-refractivity contribution is -0.119. The number of para-hydroxylation sites is 1. The first-order valence-corrected chi connectivity index (χ1v) is 7.40. The van der Waals surface area contributed by atoms with Crippen LogP contribution in [0.1, 0.15) is 10.5 Å². The van der Waals surface area contributed by atoms with Crippen LogP contribution in [0.3, 0.4) is 0 Å². The monoisotopic (exact) mass is 346 g/mol. The lowest BCUT2D eigenvalue weighted by Gasteiger charge is -2.06. The molecular weight excluding hydrogens is 335 g/mol. The SMILES string of the molecule is O=C(COC(=O)c1cc2ccccc2[nH]1)Nc1ccc(F)c(Cl)c1. The van der Waals surface area contributed by atoms with E-state index in [2.05, 4.69) is 10.3 Å². The third kappa shape index (κ3) is 3.55. The first-order chi connectivity index (χ1) is 11.5. The molecule has 1 amide bonds. The molecule has 0 aliphatic rings. The molecule has 0 aliphatic heterocycles. The van der Waals surface area contributed by atoms with Gasteiger partial charge < -0.3 is 15.0 Å². The average molecular weight is 347 g/mol. The summed E-state index contributed by atoms with van der Waals surface area (Å²) in [7, 11) is 0. The summed E-state index contributed by atoms with van der Waals surface area (Å²) in [4.78, 5) is 26.7. The standard InChI is InChI=1S/C17H12ClFN2O3/c18-12-8-11(5-6-13(12)19)20-16(22)9-24-17(23)15-7-10-3-1-2-4-14(10)21-15/h1-8,21H,9H2,(H,20,22). The molecule has 0 unspecified atom stereocenters. The molecule has 0 fully saturated rings. The summed E-state index contributed by atoms with van der Waals surface area (Å²) < 4.78 is 18.0. The van der Waals surface area contributed by atoms with E-state index in [-0.39, 0.29) is 10.7 Å². The molecule has 3 rings (SSSR count). The number of benzene rings is 2. The Morgan fingerprint density at radius 1 is 1.17 bits per heavy atom. The summed E-state index contributed by atoms with van der Waals surface area (Å²) in [5, 5.41) is 3.23. The van der Waals surface area contributed by atoms with E-state index in [0.29, 0.717) is 5.69 Å². The summed E-state index contributed by atoms with van der Waals surface area (Å²) in [5.41, 5.74) is 1.37. The van der Waals surface area contributed by atoms with Crippen molar-refractivity contribution in [1.82, 2.24) is 4.98 Å². The number of nitrogens with one attached hydrogen (secondary N) is 2. The quantitative estimate of drug-likeness (QED) is 0.707. The summed E-state index contributed by atoms with van der Waals surface area (Å²) in [6.07, 6.45) is 0. The molecule has 122 valence electrons. The number of aromatic amines is 1. The Morgan fingerprint density at radius 2 is 1.96 bits per heavy atom. The average Bonchev–Trinajstić information content (AvgIpc) is 3.00. The van der Waals surface area contributed by atoms with Gasteiger partial charge >= 0.3 is 5.97 Å². The first-order valence-electron chi connectivity index (χ1n) is 7.03. The van der Waals surface area contributed by atoms with E-state index in [9.17, 15) is 14.0 Å². The van der Waals surface area contributed by atoms with E-state index in [0.717, 1.165) is 17.0 Å². The van der Waals surface area contributed by atoms with Crippen molar-refractivity contribution < 1.29 is 18.7 Å². The van der Waals surface area contributed by atoms with Gasteiger partial charge in [0.2, 0.25) is 0 Å². The van der Waals surface area contributed by atoms with Crippen LogP contribution in [0.5, 0.6) is 0 Å². The van der Waals surface area contributed by atoms with Gasteiger partial charge in [0.25, 0.3) is 5.91 Å². The first kappa shape index (κ1) is 16.0. The number of esters is 1. The van der Waals surface area contributed by atoms with E-state index in [4.69, 9.17) is 16.3 Å². The van der Waals surface area contributed by atoms with Crippen molar-refractivity contribution in [3.05, 3.63) is 65.1 Å². The fourth-order valence-electron chi connectivity index (χ4n) is 2.16. The van der Waals surface area contributed by atoms with E-state index in [1.807, 2.05) is 24.3 Å². The number of fused-ring (bicyclic) bond motifs is 1. The lowest BCUT2D eigenvalue weighted by atomic mass is 10.2. The number of H-pyrrole nitrogens is 1. The van der Waals surface area contributed by atoms with Crippen molar-refractivity contribution in [2.45, 2.75) is 0 Å². The highest BCUT2D eigenvalue weighted by Crippen LogP contribution is 2.19. The fourth-order valence-corrected chi connectivity index (χ4v) is 2.34. The fraction of sp³-hybridized carbons (Fsp3) is 0.0588. The number of hydrogen-bond donors (Lipinski definition) is 2. The summed E-state index contributed by atoms with van der Waals surface area (Å²) in [6, 6.07) is 12.8. The molecule has 0 atom stereocenters. The molecule has 0 saturated carbocycles. The molecular formula is C17H12ClFN2O3. The number of carbonyl (C=O) groups excluding carboxylic acids is 2. The second-order valence-corrected chi connectivity index (χ2v) is 5.43. The molecule has 2 N–H and O–H groups in total. The molecule has 1 heterocycles. The predicted octanol–water partition coefficient (Wildman–Crippen LogP) is 3.76. The van der Waals surface area contributed by atoms with Gasteiger partial charge in [-0.3, -0.25) is 4.79 Å². The van der Waals surface area contributed by atoms with Gasteiger partial charge in [0.05, 0.1) is 5.02 Å². The molecule has 0 saturated heterocycles. The number of halogens is 2. The Kier molecular flexibility index (Phi) is 4.48. The van der Waals surface area contributed by atoms with Crippen molar-refractivity contribution in [2.24, 2.45) is 0 Å². The smallest absolute Gasteiger partial charge is 0.355 e. The zero-order chi connectivity index (χ0) is 17.1. The highest BCUT2D eigenvalue weighted by molar-refractivity contribution is 6.31. The largest absolute Gasteiger partial charge is 0.451 e.